The Morgan fingerprint density at radius 2 is 2.16 bits per heavy atom. The van der Waals surface area contributed by atoms with Crippen molar-refractivity contribution in [3.63, 3.8) is 0 Å². The van der Waals surface area contributed by atoms with E-state index >= 15 is 0 Å². The molecule has 0 aliphatic rings. The number of benzene rings is 1. The molecular weight excluding hydrogens is 246 g/mol. The summed E-state index contributed by atoms with van der Waals surface area (Å²) >= 11 is 0. The van der Waals surface area contributed by atoms with Crippen molar-refractivity contribution in [1.82, 2.24) is 4.98 Å². The molecule has 0 bridgehead atoms. The molecule has 0 atom stereocenters. The summed E-state index contributed by atoms with van der Waals surface area (Å²) in [5.74, 6) is 0.620. The van der Waals surface area contributed by atoms with Crippen molar-refractivity contribution in [3.8, 4) is 5.75 Å². The lowest BCUT2D eigenvalue weighted by molar-refractivity contribution is -0.386. The van der Waals surface area contributed by atoms with Gasteiger partial charge in [0.2, 0.25) is 0 Å². The summed E-state index contributed by atoms with van der Waals surface area (Å²) in [7, 11) is 0. The van der Waals surface area contributed by atoms with Crippen LogP contribution in [0.3, 0.4) is 0 Å². The van der Waals surface area contributed by atoms with Gasteiger partial charge in [-0.2, -0.15) is 0 Å². The maximum absolute atomic E-state index is 10.9. The second-order valence-electron chi connectivity index (χ2n) is 4.07. The standard InChI is InChI=1S/C13H13N3O3/c1-9-5-6-11(16(17)18)12(7-9)19-8-10-3-2-4-13(14)15-10/h2-7H,8H2,1H3,(H2,14,15). The Hall–Kier alpha value is -2.63. The summed E-state index contributed by atoms with van der Waals surface area (Å²) in [5.41, 5.74) is 7.01. The van der Waals surface area contributed by atoms with E-state index in [0.717, 1.165) is 5.56 Å². The molecule has 2 rings (SSSR count). The molecule has 98 valence electrons. The van der Waals surface area contributed by atoms with Crippen molar-refractivity contribution in [2.45, 2.75) is 13.5 Å². The number of hydrogen-bond donors (Lipinski definition) is 1. The van der Waals surface area contributed by atoms with Crippen LogP contribution in [0, 0.1) is 17.0 Å². The first-order valence-electron chi connectivity index (χ1n) is 5.65. The second kappa shape index (κ2) is 5.34. The van der Waals surface area contributed by atoms with Gasteiger partial charge in [-0.3, -0.25) is 10.1 Å². The van der Waals surface area contributed by atoms with Gasteiger partial charge in [-0.25, -0.2) is 4.98 Å². The van der Waals surface area contributed by atoms with Gasteiger partial charge >= 0.3 is 5.69 Å². The van der Waals surface area contributed by atoms with Crippen molar-refractivity contribution in [3.05, 3.63) is 57.8 Å². The molecule has 0 fully saturated rings. The number of ether oxygens (including phenoxy) is 1. The number of pyridine rings is 1. The molecule has 0 amide bonds. The summed E-state index contributed by atoms with van der Waals surface area (Å²) in [6.07, 6.45) is 0. The number of nitro benzene ring substituents is 1. The quantitative estimate of drug-likeness (QED) is 0.672. The maximum Gasteiger partial charge on any atom is 0.310 e. The molecule has 2 N–H and O–H groups in total. The third-order valence-corrected chi connectivity index (χ3v) is 2.52. The van der Waals surface area contributed by atoms with Crippen LogP contribution in [0.25, 0.3) is 0 Å². The Morgan fingerprint density at radius 1 is 1.37 bits per heavy atom. The Labute approximate surface area is 110 Å². The maximum atomic E-state index is 10.9. The van der Waals surface area contributed by atoms with Gasteiger partial charge < -0.3 is 10.5 Å². The topological polar surface area (TPSA) is 91.3 Å². The Kier molecular flexibility index (Phi) is 3.61. The first-order chi connectivity index (χ1) is 9.06. The smallest absolute Gasteiger partial charge is 0.310 e. The van der Waals surface area contributed by atoms with Gasteiger partial charge in [0.1, 0.15) is 12.4 Å². The van der Waals surface area contributed by atoms with Crippen LogP contribution in [0.2, 0.25) is 0 Å². The van der Waals surface area contributed by atoms with Crippen molar-refractivity contribution >= 4 is 11.5 Å². The monoisotopic (exact) mass is 259 g/mol. The SMILES string of the molecule is Cc1ccc([N+](=O)[O-])c(OCc2cccc(N)n2)c1. The molecule has 1 heterocycles. The number of nitrogen functional groups attached to an aromatic ring is 1. The minimum atomic E-state index is -0.471. The van der Waals surface area contributed by atoms with E-state index in [1.54, 1.807) is 30.3 Å². The van der Waals surface area contributed by atoms with Crippen LogP contribution in [0.4, 0.5) is 11.5 Å². The summed E-state index contributed by atoms with van der Waals surface area (Å²) in [4.78, 5) is 14.5. The van der Waals surface area contributed by atoms with Crippen LogP contribution in [0.15, 0.2) is 36.4 Å². The molecule has 0 unspecified atom stereocenters. The van der Waals surface area contributed by atoms with Crippen molar-refractivity contribution in [2.24, 2.45) is 0 Å². The normalized spacial score (nSPS) is 10.2. The first-order valence-corrected chi connectivity index (χ1v) is 5.65. The first kappa shape index (κ1) is 12.8. The van der Waals surface area contributed by atoms with Gasteiger partial charge in [-0.1, -0.05) is 12.1 Å². The number of nitrogens with two attached hydrogens (primary N) is 1. The Morgan fingerprint density at radius 3 is 2.84 bits per heavy atom. The zero-order valence-corrected chi connectivity index (χ0v) is 10.4. The largest absolute Gasteiger partial charge is 0.480 e. The molecule has 0 aliphatic heterocycles. The van der Waals surface area contributed by atoms with E-state index in [4.69, 9.17) is 10.5 Å². The van der Waals surface area contributed by atoms with Gasteiger partial charge in [-0.05, 0) is 30.7 Å². The predicted molar refractivity (Wildman–Crippen MR) is 70.8 cm³/mol. The minimum Gasteiger partial charge on any atom is -0.480 e. The fourth-order valence-electron chi connectivity index (χ4n) is 1.62. The van der Waals surface area contributed by atoms with Crippen LogP contribution in [0.1, 0.15) is 11.3 Å². The summed E-state index contributed by atoms with van der Waals surface area (Å²) in [6, 6.07) is 9.90. The Bertz CT molecular complexity index is 614. The minimum absolute atomic E-state index is 0.0606. The zero-order chi connectivity index (χ0) is 13.8. The fourth-order valence-corrected chi connectivity index (χ4v) is 1.62. The van der Waals surface area contributed by atoms with Gasteiger partial charge in [0.25, 0.3) is 0 Å². The molecule has 1 aromatic heterocycles. The summed E-state index contributed by atoms with van der Waals surface area (Å²) in [6.45, 7) is 1.98. The van der Waals surface area contributed by atoms with E-state index in [1.807, 2.05) is 6.92 Å². The van der Waals surface area contributed by atoms with Gasteiger partial charge in [-0.15, -0.1) is 0 Å². The van der Waals surface area contributed by atoms with E-state index < -0.39 is 4.92 Å². The third-order valence-electron chi connectivity index (χ3n) is 2.52. The van der Waals surface area contributed by atoms with Crippen LogP contribution in [0.5, 0.6) is 5.75 Å². The lowest BCUT2D eigenvalue weighted by atomic mass is 10.2. The van der Waals surface area contributed by atoms with E-state index in [2.05, 4.69) is 4.98 Å². The number of rotatable bonds is 4. The molecule has 19 heavy (non-hydrogen) atoms. The lowest BCUT2D eigenvalue weighted by Gasteiger charge is -2.07. The van der Waals surface area contributed by atoms with E-state index in [0.29, 0.717) is 11.5 Å². The number of aryl methyl sites for hydroxylation is 1. The predicted octanol–water partition coefficient (Wildman–Crippen LogP) is 2.46. The highest BCUT2D eigenvalue weighted by Gasteiger charge is 2.15. The Balaban J connectivity index is 2.19. The van der Waals surface area contributed by atoms with Gasteiger partial charge in [0.05, 0.1) is 10.6 Å². The second-order valence-corrected chi connectivity index (χ2v) is 4.07. The van der Waals surface area contributed by atoms with Crippen LogP contribution in [-0.2, 0) is 6.61 Å². The molecule has 0 saturated carbocycles. The average molecular weight is 259 g/mol. The third kappa shape index (κ3) is 3.19. The number of anilines is 1. The molecular formula is C13H13N3O3. The molecule has 6 heteroatoms. The summed E-state index contributed by atoms with van der Waals surface area (Å²) < 4.78 is 5.46. The van der Waals surface area contributed by atoms with Gasteiger partial charge in [0.15, 0.2) is 5.75 Å². The highest BCUT2D eigenvalue weighted by atomic mass is 16.6. The number of aromatic nitrogens is 1. The van der Waals surface area contributed by atoms with Crippen LogP contribution >= 0.6 is 0 Å². The number of nitrogens with zero attached hydrogens (tertiary/aromatic N) is 2. The van der Waals surface area contributed by atoms with E-state index in [-0.39, 0.29) is 18.0 Å². The molecule has 2 aromatic rings. The fraction of sp³-hybridized carbons (Fsp3) is 0.154. The van der Waals surface area contributed by atoms with Crippen molar-refractivity contribution in [1.29, 1.82) is 0 Å². The molecule has 0 radical (unpaired) electrons. The number of hydrogen-bond acceptors (Lipinski definition) is 5. The van der Waals surface area contributed by atoms with Crippen LogP contribution in [-0.4, -0.2) is 9.91 Å². The number of nitro groups is 1. The van der Waals surface area contributed by atoms with Crippen LogP contribution < -0.4 is 10.5 Å². The molecule has 0 spiro atoms. The lowest BCUT2D eigenvalue weighted by Crippen LogP contribution is -2.02. The van der Waals surface area contributed by atoms with Crippen molar-refractivity contribution < 1.29 is 9.66 Å². The molecule has 1 aromatic carbocycles. The molecule has 0 aliphatic carbocycles. The highest BCUT2D eigenvalue weighted by molar-refractivity contribution is 5.48. The summed E-state index contributed by atoms with van der Waals surface area (Å²) in [5, 5.41) is 10.9. The zero-order valence-electron chi connectivity index (χ0n) is 10.4. The molecule has 0 saturated heterocycles. The molecule has 6 nitrogen and oxygen atoms in total. The average Bonchev–Trinajstić information content (AvgIpc) is 2.36. The van der Waals surface area contributed by atoms with Gasteiger partial charge in [0, 0.05) is 6.07 Å². The van der Waals surface area contributed by atoms with E-state index in [9.17, 15) is 10.1 Å². The highest BCUT2D eigenvalue weighted by Crippen LogP contribution is 2.28. The van der Waals surface area contributed by atoms with Crippen molar-refractivity contribution in [2.75, 3.05) is 5.73 Å². The van der Waals surface area contributed by atoms with E-state index in [1.165, 1.54) is 6.07 Å².